The second-order valence-electron chi connectivity index (χ2n) is 11.0. The summed E-state index contributed by atoms with van der Waals surface area (Å²) in [6, 6.07) is 40.9. The van der Waals surface area contributed by atoms with Crippen LogP contribution in [0.5, 0.6) is 0 Å². The van der Waals surface area contributed by atoms with E-state index in [2.05, 4.69) is 141 Å². The Hall–Kier alpha value is -3.28. The second kappa shape index (κ2) is 7.96. The van der Waals surface area contributed by atoms with Crippen molar-refractivity contribution in [1.29, 1.82) is 0 Å². The van der Waals surface area contributed by atoms with Crippen LogP contribution in [0.4, 0.5) is 0 Å². The van der Waals surface area contributed by atoms with Crippen LogP contribution >= 0.6 is 54.5 Å². The zero-order valence-electron chi connectivity index (χ0n) is 21.5. The van der Waals surface area contributed by atoms with Crippen LogP contribution in [0.2, 0.25) is 0 Å². The molecule has 0 saturated heterocycles. The first-order chi connectivity index (χ1) is 20.2. The molecule has 0 aliphatic heterocycles. The van der Waals surface area contributed by atoms with Crippen molar-refractivity contribution in [3.05, 3.63) is 140 Å². The average Bonchev–Trinajstić information content (AvgIpc) is 3.73. The van der Waals surface area contributed by atoms with Gasteiger partial charge in [-0.05, 0) is 101 Å². The molecular weight excluding hydrogens is 668 g/mol. The van der Waals surface area contributed by atoms with Gasteiger partial charge in [0.25, 0.3) is 0 Å². The first-order valence-electron chi connectivity index (χ1n) is 13.7. The third-order valence-corrected chi connectivity index (χ3v) is 13.4. The van der Waals surface area contributed by atoms with Crippen molar-refractivity contribution in [2.24, 2.45) is 0 Å². The molecule has 8 aromatic rings. The second-order valence-corrected chi connectivity index (χ2v) is 14.8. The number of hydrogen-bond donors (Lipinski definition) is 0. The van der Waals surface area contributed by atoms with Crippen molar-refractivity contribution in [3.8, 4) is 22.3 Å². The molecule has 0 atom stereocenters. The number of halogens is 2. The summed E-state index contributed by atoms with van der Waals surface area (Å²) < 4.78 is 7.65. The SMILES string of the molecule is Brc1cc2c(c3c1sc1ccccc13)-c1c(cc(Br)c3sc4ccccc4c13)C21c2ccccc2-c2ccccc21. The Bertz CT molecular complexity index is 2290. The molecule has 2 heterocycles. The zero-order valence-corrected chi connectivity index (χ0v) is 26.3. The molecule has 1 spiro atoms. The van der Waals surface area contributed by atoms with E-state index in [1.807, 2.05) is 22.7 Å². The number of hydrogen-bond acceptors (Lipinski definition) is 2. The normalized spacial score (nSPS) is 14.3. The smallest absolute Gasteiger partial charge is 0.0726 e. The molecule has 4 heteroatoms. The molecule has 41 heavy (non-hydrogen) atoms. The summed E-state index contributed by atoms with van der Waals surface area (Å²) in [7, 11) is 0. The predicted molar refractivity (Wildman–Crippen MR) is 184 cm³/mol. The lowest BCUT2D eigenvalue weighted by Gasteiger charge is -2.30. The topological polar surface area (TPSA) is 0 Å². The molecule has 0 radical (unpaired) electrons. The number of benzene rings is 6. The molecule has 0 bridgehead atoms. The Morgan fingerprint density at radius 1 is 0.463 bits per heavy atom. The van der Waals surface area contributed by atoms with Crippen LogP contribution in [-0.4, -0.2) is 0 Å². The summed E-state index contributed by atoms with van der Waals surface area (Å²) >= 11 is 12.0. The van der Waals surface area contributed by atoms with Crippen LogP contribution in [0.1, 0.15) is 22.3 Å². The van der Waals surface area contributed by atoms with Gasteiger partial charge in [-0.1, -0.05) is 84.9 Å². The van der Waals surface area contributed by atoms with E-state index in [0.29, 0.717) is 0 Å². The molecule has 2 aliphatic carbocycles. The maximum absolute atomic E-state index is 4.08. The summed E-state index contributed by atoms with van der Waals surface area (Å²) in [5.41, 5.74) is 10.5. The molecule has 0 N–H and O–H groups in total. The molecule has 10 rings (SSSR count). The van der Waals surface area contributed by atoms with E-state index in [-0.39, 0.29) is 0 Å². The van der Waals surface area contributed by atoms with E-state index >= 15 is 0 Å². The Kier molecular flexibility index (Phi) is 4.52. The molecule has 0 amide bonds. The first-order valence-corrected chi connectivity index (χ1v) is 16.9. The number of rotatable bonds is 0. The van der Waals surface area contributed by atoms with Gasteiger partial charge in [-0.3, -0.25) is 0 Å². The van der Waals surface area contributed by atoms with Crippen LogP contribution < -0.4 is 0 Å². The van der Waals surface area contributed by atoms with Gasteiger partial charge in [0, 0.05) is 39.9 Å². The van der Waals surface area contributed by atoms with E-state index in [1.165, 1.54) is 93.8 Å². The number of thiophene rings is 2. The molecule has 2 aromatic heterocycles. The highest BCUT2D eigenvalue weighted by atomic mass is 79.9. The van der Waals surface area contributed by atoms with Gasteiger partial charge in [0.15, 0.2) is 0 Å². The lowest BCUT2D eigenvalue weighted by atomic mass is 9.70. The van der Waals surface area contributed by atoms with Gasteiger partial charge in [0.1, 0.15) is 0 Å². The van der Waals surface area contributed by atoms with Crippen molar-refractivity contribution in [1.82, 2.24) is 0 Å². The van der Waals surface area contributed by atoms with E-state index in [1.54, 1.807) is 0 Å². The lowest BCUT2D eigenvalue weighted by Crippen LogP contribution is -2.26. The van der Waals surface area contributed by atoms with Crippen molar-refractivity contribution in [2.45, 2.75) is 5.41 Å². The quantitative estimate of drug-likeness (QED) is 0.149. The van der Waals surface area contributed by atoms with Crippen LogP contribution in [0, 0.1) is 0 Å². The monoisotopic (exact) mass is 684 g/mol. The summed E-state index contributed by atoms with van der Waals surface area (Å²) in [5, 5.41) is 5.41. The minimum atomic E-state index is -0.405. The predicted octanol–water partition coefficient (Wildman–Crippen LogP) is 12.3. The maximum atomic E-state index is 4.08. The first kappa shape index (κ1) is 23.3. The Morgan fingerprint density at radius 2 is 0.878 bits per heavy atom. The fraction of sp³-hybridized carbons (Fsp3) is 0.0270. The third kappa shape index (κ3) is 2.67. The van der Waals surface area contributed by atoms with E-state index in [0.717, 1.165) is 0 Å². The number of fused-ring (bicyclic) bond motifs is 18. The van der Waals surface area contributed by atoms with E-state index in [4.69, 9.17) is 0 Å². The van der Waals surface area contributed by atoms with Gasteiger partial charge >= 0.3 is 0 Å². The molecule has 0 unspecified atom stereocenters. The molecule has 0 saturated carbocycles. The lowest BCUT2D eigenvalue weighted by molar-refractivity contribution is 0.794. The highest BCUT2D eigenvalue weighted by Gasteiger charge is 2.53. The Labute approximate surface area is 261 Å². The Balaban J connectivity index is 1.55. The Morgan fingerprint density at radius 3 is 1.37 bits per heavy atom. The van der Waals surface area contributed by atoms with Gasteiger partial charge in [-0.15, -0.1) is 22.7 Å². The van der Waals surface area contributed by atoms with Gasteiger partial charge < -0.3 is 0 Å². The minimum absolute atomic E-state index is 0.405. The van der Waals surface area contributed by atoms with Gasteiger partial charge in [-0.2, -0.15) is 0 Å². The van der Waals surface area contributed by atoms with Crippen LogP contribution in [0.25, 0.3) is 62.6 Å². The summed E-state index contributed by atoms with van der Waals surface area (Å²) in [6.07, 6.45) is 0. The van der Waals surface area contributed by atoms with Crippen molar-refractivity contribution in [3.63, 3.8) is 0 Å². The van der Waals surface area contributed by atoms with E-state index < -0.39 is 5.41 Å². The highest BCUT2D eigenvalue weighted by molar-refractivity contribution is 9.11. The summed E-state index contributed by atoms with van der Waals surface area (Å²) in [5.74, 6) is 0. The summed E-state index contributed by atoms with van der Waals surface area (Å²) in [4.78, 5) is 0. The average molecular weight is 686 g/mol. The fourth-order valence-electron chi connectivity index (χ4n) is 7.79. The molecule has 2 aliphatic rings. The van der Waals surface area contributed by atoms with Crippen LogP contribution in [-0.2, 0) is 5.41 Å². The summed E-state index contributed by atoms with van der Waals surface area (Å²) in [6.45, 7) is 0. The molecule has 0 nitrogen and oxygen atoms in total. The largest absolute Gasteiger partial charge is 0.134 e. The van der Waals surface area contributed by atoms with Crippen LogP contribution in [0.15, 0.2) is 118 Å². The van der Waals surface area contributed by atoms with Crippen molar-refractivity contribution >= 4 is 94.9 Å². The fourth-order valence-corrected chi connectivity index (χ4v) is 11.4. The van der Waals surface area contributed by atoms with Crippen molar-refractivity contribution < 1.29 is 0 Å². The highest BCUT2D eigenvalue weighted by Crippen LogP contribution is 2.67. The van der Waals surface area contributed by atoms with Crippen molar-refractivity contribution in [2.75, 3.05) is 0 Å². The molecule has 0 fully saturated rings. The molecular formula is C37H18Br2S2. The van der Waals surface area contributed by atoms with Gasteiger partial charge in [-0.25, -0.2) is 0 Å². The molecule has 6 aromatic carbocycles. The van der Waals surface area contributed by atoms with Crippen LogP contribution in [0.3, 0.4) is 0 Å². The van der Waals surface area contributed by atoms with Gasteiger partial charge in [0.2, 0.25) is 0 Å². The zero-order chi connectivity index (χ0) is 27.0. The minimum Gasteiger partial charge on any atom is -0.134 e. The maximum Gasteiger partial charge on any atom is 0.0726 e. The standard InChI is InChI=1S/C37H18Br2S2/c38-27-17-25-33(31-21-11-3-7-15-29(21)40-35(27)31)34-26(18-28(39)36-32(34)22-12-4-8-16-30(22)41-36)37(25)23-13-5-1-9-19(23)20-10-2-6-14-24(20)37/h1-18H. The molecule has 192 valence electrons. The third-order valence-electron chi connectivity index (χ3n) is 9.22. The van der Waals surface area contributed by atoms with Gasteiger partial charge in [0.05, 0.1) is 14.8 Å². The van der Waals surface area contributed by atoms with E-state index in [9.17, 15) is 0 Å².